The summed E-state index contributed by atoms with van der Waals surface area (Å²) in [5, 5.41) is 19.4. The molecule has 0 amide bonds. The molecule has 0 bridgehead atoms. The first-order valence-electron chi connectivity index (χ1n) is 4.55. The van der Waals surface area contributed by atoms with Crippen LogP contribution in [0.25, 0.3) is 5.70 Å². The van der Waals surface area contributed by atoms with E-state index in [2.05, 4.69) is 15.0 Å². The molecule has 1 aliphatic heterocycles. The summed E-state index contributed by atoms with van der Waals surface area (Å²) in [5.74, 6) is -0.493. The van der Waals surface area contributed by atoms with Gasteiger partial charge in [-0.2, -0.15) is 0 Å². The molecule has 0 unspecified atom stereocenters. The number of benzene rings is 1. The van der Waals surface area contributed by atoms with Crippen LogP contribution in [-0.4, -0.2) is 7.11 Å². The minimum absolute atomic E-state index is 0.201. The van der Waals surface area contributed by atoms with Crippen LogP contribution in [-0.2, 0) is 9.84 Å². The summed E-state index contributed by atoms with van der Waals surface area (Å²) in [6.45, 7) is 0. The fourth-order valence-electron chi connectivity index (χ4n) is 1.26. The number of allylic oxidation sites excluding steroid dienone is 1. The zero-order valence-corrected chi connectivity index (χ0v) is 9.23. The van der Waals surface area contributed by atoms with Crippen molar-refractivity contribution in [1.82, 2.24) is 0 Å². The molecule has 1 heterocycles. The second kappa shape index (κ2) is 4.37. The van der Waals surface area contributed by atoms with Crippen molar-refractivity contribution in [3.8, 4) is 0 Å². The van der Waals surface area contributed by atoms with E-state index < -0.39 is 5.95 Å². The average molecular weight is 236 g/mol. The molecule has 1 aromatic carbocycles. The van der Waals surface area contributed by atoms with E-state index in [1.165, 1.54) is 7.11 Å². The number of ether oxygens (including phenoxy) is 1. The quantitative estimate of drug-likeness (QED) is 0.725. The molecule has 0 aliphatic carbocycles. The number of rotatable bonds is 2. The van der Waals surface area contributed by atoms with Crippen molar-refractivity contribution in [2.24, 2.45) is 10.2 Å². The van der Waals surface area contributed by atoms with Crippen LogP contribution in [0.3, 0.4) is 0 Å². The molecular weight excluding hydrogens is 228 g/mol. The van der Waals surface area contributed by atoms with Crippen molar-refractivity contribution in [2.75, 3.05) is 7.11 Å². The van der Waals surface area contributed by atoms with Gasteiger partial charge in [0.25, 0.3) is 0 Å². The Morgan fingerprint density at radius 3 is 2.56 bits per heavy atom. The summed E-state index contributed by atoms with van der Waals surface area (Å²) in [5.41, 5.74) is 1.68. The van der Waals surface area contributed by atoms with E-state index in [1.807, 2.05) is 12.1 Å². The van der Waals surface area contributed by atoms with Gasteiger partial charge in [-0.1, -0.05) is 23.7 Å². The first kappa shape index (κ1) is 10.7. The lowest BCUT2D eigenvalue weighted by atomic mass is 10.1. The molecule has 0 aromatic heterocycles. The predicted molar refractivity (Wildman–Crippen MR) is 59.0 cm³/mol. The van der Waals surface area contributed by atoms with Gasteiger partial charge in [0, 0.05) is 16.7 Å². The Morgan fingerprint density at radius 2 is 1.94 bits per heavy atom. The Labute approximate surface area is 97.5 Å². The molecule has 1 radical (unpaired) electrons. The van der Waals surface area contributed by atoms with Crippen molar-refractivity contribution in [2.45, 2.75) is 0 Å². The second-order valence-corrected chi connectivity index (χ2v) is 3.55. The Balaban J connectivity index is 2.32. The highest BCUT2D eigenvalue weighted by atomic mass is 35.5. The lowest BCUT2D eigenvalue weighted by Gasteiger charge is -1.96. The lowest BCUT2D eigenvalue weighted by molar-refractivity contribution is 0.0826. The molecule has 0 atom stereocenters. The minimum Gasteiger partial charge on any atom is -0.464 e. The Kier molecular flexibility index (Phi) is 2.92. The SMILES string of the molecule is COC([O])=C1C=C(c2ccc(Cl)cc2)N=N1. The zero-order chi connectivity index (χ0) is 11.5. The van der Waals surface area contributed by atoms with Gasteiger partial charge in [-0.3, -0.25) is 0 Å². The van der Waals surface area contributed by atoms with Crippen LogP contribution >= 0.6 is 11.6 Å². The summed E-state index contributed by atoms with van der Waals surface area (Å²) < 4.78 is 4.54. The topological polar surface area (TPSA) is 53.8 Å². The Hall–Kier alpha value is -1.81. The Morgan fingerprint density at radius 1 is 1.25 bits per heavy atom. The van der Waals surface area contributed by atoms with Crippen molar-refractivity contribution < 1.29 is 9.84 Å². The van der Waals surface area contributed by atoms with Crippen molar-refractivity contribution in [1.29, 1.82) is 0 Å². The van der Waals surface area contributed by atoms with Crippen LogP contribution in [0.4, 0.5) is 0 Å². The largest absolute Gasteiger partial charge is 0.464 e. The fraction of sp³-hybridized carbons (Fsp3) is 0.0909. The second-order valence-electron chi connectivity index (χ2n) is 3.11. The highest BCUT2D eigenvalue weighted by Crippen LogP contribution is 2.27. The maximum absolute atomic E-state index is 11.2. The molecule has 0 saturated carbocycles. The maximum Gasteiger partial charge on any atom is 0.358 e. The number of halogens is 1. The van der Waals surface area contributed by atoms with Crippen LogP contribution < -0.4 is 0 Å². The van der Waals surface area contributed by atoms with Gasteiger partial charge in [-0.15, -0.1) is 10.2 Å². The van der Waals surface area contributed by atoms with Gasteiger partial charge in [0.05, 0.1) is 12.8 Å². The highest BCUT2D eigenvalue weighted by molar-refractivity contribution is 6.30. The molecule has 0 fully saturated rings. The van der Waals surface area contributed by atoms with Gasteiger partial charge < -0.3 is 4.74 Å². The summed E-state index contributed by atoms with van der Waals surface area (Å²) in [7, 11) is 1.30. The van der Waals surface area contributed by atoms with Gasteiger partial charge in [-0.05, 0) is 12.1 Å². The molecule has 1 aliphatic rings. The standard InChI is InChI=1S/C11H8ClN2O2/c1-16-11(15)10-6-9(13-14-10)7-2-4-8(12)5-3-7/h2-6H,1H3. The number of hydrogen-bond acceptors (Lipinski definition) is 3. The van der Waals surface area contributed by atoms with Crippen LogP contribution in [0, 0.1) is 0 Å². The molecule has 0 spiro atoms. The smallest absolute Gasteiger partial charge is 0.358 e. The third-order valence-electron chi connectivity index (χ3n) is 2.07. The summed E-state index contributed by atoms with van der Waals surface area (Å²) in [6, 6.07) is 7.13. The van der Waals surface area contributed by atoms with Crippen molar-refractivity contribution in [3.05, 3.63) is 52.6 Å². The molecule has 4 nitrogen and oxygen atoms in total. The molecule has 0 N–H and O–H groups in total. The molecule has 0 saturated heterocycles. The molecular formula is C11H8ClN2O2. The zero-order valence-electron chi connectivity index (χ0n) is 8.48. The lowest BCUT2D eigenvalue weighted by Crippen LogP contribution is -1.85. The fourth-order valence-corrected chi connectivity index (χ4v) is 1.39. The van der Waals surface area contributed by atoms with Gasteiger partial charge in [-0.25, -0.2) is 5.11 Å². The van der Waals surface area contributed by atoms with E-state index in [-0.39, 0.29) is 5.70 Å². The van der Waals surface area contributed by atoms with E-state index >= 15 is 0 Å². The minimum atomic E-state index is -0.493. The van der Waals surface area contributed by atoms with Crippen LogP contribution in [0.15, 0.2) is 52.2 Å². The molecule has 16 heavy (non-hydrogen) atoms. The van der Waals surface area contributed by atoms with Gasteiger partial charge >= 0.3 is 5.95 Å². The summed E-state index contributed by atoms with van der Waals surface area (Å²) >= 11 is 5.77. The number of azo groups is 1. The van der Waals surface area contributed by atoms with Crippen molar-refractivity contribution in [3.63, 3.8) is 0 Å². The first-order valence-corrected chi connectivity index (χ1v) is 4.93. The normalized spacial score (nSPS) is 17.2. The van der Waals surface area contributed by atoms with Gasteiger partial charge in [0.1, 0.15) is 0 Å². The van der Waals surface area contributed by atoms with Gasteiger partial charge in [0.15, 0.2) is 5.70 Å². The first-order chi connectivity index (χ1) is 7.70. The summed E-state index contributed by atoms with van der Waals surface area (Å²) in [4.78, 5) is 0. The molecule has 81 valence electrons. The third-order valence-corrected chi connectivity index (χ3v) is 2.33. The maximum atomic E-state index is 11.2. The van der Waals surface area contributed by atoms with Crippen LogP contribution in [0.2, 0.25) is 5.02 Å². The number of nitrogens with zero attached hydrogens (tertiary/aromatic N) is 2. The van der Waals surface area contributed by atoms with E-state index in [0.717, 1.165) is 5.56 Å². The van der Waals surface area contributed by atoms with E-state index in [0.29, 0.717) is 10.7 Å². The van der Waals surface area contributed by atoms with Gasteiger partial charge in [0.2, 0.25) is 0 Å². The van der Waals surface area contributed by atoms with Crippen LogP contribution in [0.5, 0.6) is 0 Å². The summed E-state index contributed by atoms with van der Waals surface area (Å²) in [6.07, 6.45) is 1.58. The van der Waals surface area contributed by atoms with E-state index in [1.54, 1.807) is 18.2 Å². The highest BCUT2D eigenvalue weighted by Gasteiger charge is 2.13. The Bertz CT molecular complexity index is 489. The van der Waals surface area contributed by atoms with E-state index in [4.69, 9.17) is 11.6 Å². The third kappa shape index (κ3) is 2.06. The van der Waals surface area contributed by atoms with E-state index in [9.17, 15) is 5.11 Å². The van der Waals surface area contributed by atoms with Crippen molar-refractivity contribution >= 4 is 17.3 Å². The number of hydrogen-bond donors (Lipinski definition) is 0. The molecule has 2 rings (SSSR count). The van der Waals surface area contributed by atoms with Crippen LogP contribution in [0.1, 0.15) is 5.56 Å². The number of methoxy groups -OCH3 is 1. The molecule has 1 aromatic rings. The average Bonchev–Trinajstić information content (AvgIpc) is 2.78. The monoisotopic (exact) mass is 235 g/mol. The molecule has 5 heteroatoms. The predicted octanol–water partition coefficient (Wildman–Crippen LogP) is 3.39.